The van der Waals surface area contributed by atoms with Gasteiger partial charge in [-0.25, -0.2) is 4.98 Å². The number of aromatic nitrogens is 1. The second-order valence-corrected chi connectivity index (χ2v) is 11.2. The molecular formula is C23H22Cl2N4O2S2. The molecule has 2 aliphatic rings. The third-order valence-corrected chi connectivity index (χ3v) is 8.50. The molecule has 33 heavy (non-hydrogen) atoms. The Morgan fingerprint density at radius 3 is 2.55 bits per heavy atom. The van der Waals surface area contributed by atoms with Crippen molar-refractivity contribution >= 4 is 62.6 Å². The molecule has 2 aromatic carbocycles. The second-order valence-electron chi connectivity index (χ2n) is 8.18. The highest BCUT2D eigenvalue weighted by Gasteiger charge is 2.40. The number of nitrogens with one attached hydrogen (secondary N) is 1. The number of likely N-dealkylation sites (tertiary alicyclic amines) is 1. The normalized spacial score (nSPS) is 22.2. The van der Waals surface area contributed by atoms with E-state index in [2.05, 4.69) is 14.6 Å². The van der Waals surface area contributed by atoms with Crippen molar-refractivity contribution in [3.8, 4) is 0 Å². The quantitative estimate of drug-likeness (QED) is 0.453. The van der Waals surface area contributed by atoms with Gasteiger partial charge in [0.1, 0.15) is 11.4 Å². The first-order valence-electron chi connectivity index (χ1n) is 10.7. The molecule has 3 atom stereocenters. The topological polar surface area (TPSA) is 71.5 Å². The summed E-state index contributed by atoms with van der Waals surface area (Å²) in [4.78, 5) is 22.1. The van der Waals surface area contributed by atoms with Crippen molar-refractivity contribution in [2.45, 2.75) is 29.7 Å². The summed E-state index contributed by atoms with van der Waals surface area (Å²) in [5, 5.41) is 3.72. The van der Waals surface area contributed by atoms with Crippen LogP contribution < -0.4 is 9.62 Å². The Morgan fingerprint density at radius 1 is 1.09 bits per heavy atom. The van der Waals surface area contributed by atoms with Crippen molar-refractivity contribution in [1.29, 1.82) is 0 Å². The number of anilines is 2. The number of halogens is 2. The second kappa shape index (κ2) is 9.82. The third kappa shape index (κ3) is 5.01. The predicted octanol–water partition coefficient (Wildman–Crippen LogP) is 5.18. The van der Waals surface area contributed by atoms with Crippen LogP contribution in [-0.4, -0.2) is 46.0 Å². The summed E-state index contributed by atoms with van der Waals surface area (Å²) >= 11 is 12.4. The monoisotopic (exact) mass is 520 g/mol. The fraction of sp³-hybridized carbons (Fsp3) is 0.304. The summed E-state index contributed by atoms with van der Waals surface area (Å²) in [5.41, 5.74) is 1.96. The molecule has 2 aliphatic heterocycles. The molecule has 0 radical (unpaired) electrons. The smallest absolute Gasteiger partial charge is 0.244 e. The number of thiazole rings is 1. The fourth-order valence-electron chi connectivity index (χ4n) is 4.58. The molecule has 2 fully saturated rings. The Balaban J connectivity index is 1.22. The van der Waals surface area contributed by atoms with E-state index in [-0.39, 0.29) is 11.9 Å². The number of rotatable bonds is 6. The van der Waals surface area contributed by atoms with Crippen LogP contribution in [0.5, 0.6) is 0 Å². The summed E-state index contributed by atoms with van der Waals surface area (Å²) in [6, 6.07) is 12.9. The molecule has 0 saturated carbocycles. The molecular weight excluding hydrogens is 499 g/mol. The van der Waals surface area contributed by atoms with E-state index in [1.165, 1.54) is 11.3 Å². The van der Waals surface area contributed by atoms with E-state index in [0.29, 0.717) is 32.5 Å². The van der Waals surface area contributed by atoms with Gasteiger partial charge in [0.25, 0.3) is 0 Å². The SMILES string of the molecule is O=C1[C@@H](N2CC[C@H](c3cc(Cl)cc(Cl)c3)C2)CCN1c1ccc([S+]([O-])Nc2nccs2)cc1. The summed E-state index contributed by atoms with van der Waals surface area (Å²) in [6.45, 7) is 2.37. The third-order valence-electron chi connectivity index (χ3n) is 6.17. The van der Waals surface area contributed by atoms with E-state index in [0.717, 1.165) is 37.2 Å². The molecule has 0 spiro atoms. The first-order valence-corrected chi connectivity index (χ1v) is 13.5. The van der Waals surface area contributed by atoms with E-state index < -0.39 is 11.4 Å². The summed E-state index contributed by atoms with van der Waals surface area (Å²) in [6.07, 6.45) is 3.43. The molecule has 172 valence electrons. The fourth-order valence-corrected chi connectivity index (χ4v) is 6.62. The maximum atomic E-state index is 13.2. The van der Waals surface area contributed by atoms with Crippen LogP contribution in [-0.2, 0) is 16.2 Å². The minimum atomic E-state index is -1.40. The van der Waals surface area contributed by atoms with Gasteiger partial charge in [-0.15, -0.1) is 11.3 Å². The maximum absolute atomic E-state index is 13.2. The van der Waals surface area contributed by atoms with E-state index in [9.17, 15) is 9.35 Å². The van der Waals surface area contributed by atoms with Gasteiger partial charge in [0.15, 0.2) is 4.90 Å². The molecule has 5 rings (SSSR count). The minimum Gasteiger partial charge on any atom is -0.588 e. The highest BCUT2D eigenvalue weighted by Crippen LogP contribution is 2.35. The van der Waals surface area contributed by atoms with E-state index in [1.54, 1.807) is 24.4 Å². The van der Waals surface area contributed by atoms with Crippen molar-refractivity contribution < 1.29 is 9.35 Å². The molecule has 0 bridgehead atoms. The van der Waals surface area contributed by atoms with Gasteiger partial charge < -0.3 is 9.45 Å². The molecule has 10 heteroatoms. The number of amides is 1. The highest BCUT2D eigenvalue weighted by atomic mass is 35.5. The zero-order valence-electron chi connectivity index (χ0n) is 17.6. The van der Waals surface area contributed by atoms with Crippen LogP contribution in [0, 0.1) is 0 Å². The molecule has 1 amide bonds. The van der Waals surface area contributed by atoms with Gasteiger partial charge >= 0.3 is 0 Å². The lowest BCUT2D eigenvalue weighted by Gasteiger charge is -2.23. The van der Waals surface area contributed by atoms with Crippen molar-refractivity contribution in [2.75, 3.05) is 29.3 Å². The Kier molecular flexibility index (Phi) is 6.83. The van der Waals surface area contributed by atoms with Crippen LogP contribution >= 0.6 is 34.5 Å². The van der Waals surface area contributed by atoms with Crippen LogP contribution in [0.2, 0.25) is 10.0 Å². The average Bonchev–Trinajstić information content (AvgIpc) is 3.54. The number of carbonyl (C=O) groups is 1. The van der Waals surface area contributed by atoms with Gasteiger partial charge in [-0.2, -0.15) is 4.72 Å². The van der Waals surface area contributed by atoms with Gasteiger partial charge in [-0.05, 0) is 73.3 Å². The van der Waals surface area contributed by atoms with Crippen LogP contribution in [0.1, 0.15) is 24.3 Å². The van der Waals surface area contributed by atoms with Crippen molar-refractivity contribution in [3.05, 3.63) is 69.7 Å². The first kappa shape index (κ1) is 23.0. The minimum absolute atomic E-state index is 0.120. The van der Waals surface area contributed by atoms with E-state index in [4.69, 9.17) is 23.2 Å². The van der Waals surface area contributed by atoms with Crippen molar-refractivity contribution in [2.24, 2.45) is 0 Å². The van der Waals surface area contributed by atoms with Gasteiger partial charge in [-0.3, -0.25) is 9.69 Å². The summed E-state index contributed by atoms with van der Waals surface area (Å²) in [5.74, 6) is 0.442. The lowest BCUT2D eigenvalue weighted by molar-refractivity contribution is -0.121. The number of carbonyl (C=O) groups excluding carboxylic acids is 1. The molecule has 3 aromatic rings. The molecule has 1 aromatic heterocycles. The number of hydrogen-bond acceptors (Lipinski definition) is 6. The standard InChI is InChI=1S/C23H22Cl2N4O2S2/c24-17-11-16(12-18(25)13-17)15-5-8-28(14-15)21-6-9-29(22(21)30)19-1-3-20(4-2-19)33(31)27-23-26-7-10-32-23/h1-4,7,10-13,15,21H,5-6,8-9,14H2,(H,26,27)/t15-,21-,33?/m0/s1. The van der Waals surface area contributed by atoms with Crippen LogP contribution in [0.25, 0.3) is 0 Å². The van der Waals surface area contributed by atoms with Gasteiger partial charge in [0.2, 0.25) is 11.0 Å². The van der Waals surface area contributed by atoms with Gasteiger partial charge in [0.05, 0.1) is 6.04 Å². The average molecular weight is 521 g/mol. The van der Waals surface area contributed by atoms with Crippen LogP contribution in [0.15, 0.2) is 58.9 Å². The Labute approximate surface area is 209 Å². The zero-order chi connectivity index (χ0) is 22.9. The van der Waals surface area contributed by atoms with E-state index in [1.807, 2.05) is 34.5 Å². The molecule has 0 aliphatic carbocycles. The lowest BCUT2D eigenvalue weighted by Crippen LogP contribution is -2.40. The molecule has 3 heterocycles. The van der Waals surface area contributed by atoms with Crippen LogP contribution in [0.3, 0.4) is 0 Å². The number of hydrogen-bond donors (Lipinski definition) is 1. The van der Waals surface area contributed by atoms with Gasteiger partial charge in [0, 0.05) is 40.4 Å². The largest absolute Gasteiger partial charge is 0.588 e. The molecule has 1 unspecified atom stereocenters. The summed E-state index contributed by atoms with van der Waals surface area (Å²) < 4.78 is 15.4. The van der Waals surface area contributed by atoms with E-state index >= 15 is 0 Å². The lowest BCUT2D eigenvalue weighted by atomic mass is 9.98. The Hall–Kier alpha value is -1.81. The zero-order valence-corrected chi connectivity index (χ0v) is 20.8. The Morgan fingerprint density at radius 2 is 1.85 bits per heavy atom. The molecule has 1 N–H and O–H groups in total. The number of nitrogens with zero attached hydrogens (tertiary/aromatic N) is 3. The maximum Gasteiger partial charge on any atom is 0.244 e. The van der Waals surface area contributed by atoms with Gasteiger partial charge in [-0.1, -0.05) is 23.2 Å². The highest BCUT2D eigenvalue weighted by molar-refractivity contribution is 7.93. The summed E-state index contributed by atoms with van der Waals surface area (Å²) in [7, 11) is 0. The molecule has 2 saturated heterocycles. The first-order chi connectivity index (χ1) is 16.0. The molecule has 6 nitrogen and oxygen atoms in total. The van der Waals surface area contributed by atoms with Crippen molar-refractivity contribution in [1.82, 2.24) is 9.88 Å². The number of benzene rings is 2. The van der Waals surface area contributed by atoms with Crippen molar-refractivity contribution in [3.63, 3.8) is 0 Å². The van der Waals surface area contributed by atoms with Crippen LogP contribution in [0.4, 0.5) is 10.8 Å². The Bertz CT molecular complexity index is 1110. The predicted molar refractivity (Wildman–Crippen MR) is 135 cm³/mol.